The molecule has 0 spiro atoms. The van der Waals surface area contributed by atoms with Crippen molar-refractivity contribution in [2.24, 2.45) is 0 Å². The highest BCUT2D eigenvalue weighted by molar-refractivity contribution is 6.13. The number of esters is 1. The molecule has 1 aliphatic heterocycles. The molecule has 0 fully saturated rings. The molecule has 1 amide bonds. The van der Waals surface area contributed by atoms with E-state index in [9.17, 15) is 14.4 Å². The van der Waals surface area contributed by atoms with E-state index in [0.717, 1.165) is 0 Å². The highest BCUT2D eigenvalue weighted by Gasteiger charge is 2.26. The van der Waals surface area contributed by atoms with Gasteiger partial charge in [-0.15, -0.1) is 0 Å². The summed E-state index contributed by atoms with van der Waals surface area (Å²) >= 11 is 0. The minimum absolute atomic E-state index is 0.00888. The van der Waals surface area contributed by atoms with Gasteiger partial charge in [0.25, 0.3) is 5.91 Å². The normalized spacial score (nSPS) is 11.9. The summed E-state index contributed by atoms with van der Waals surface area (Å²) in [4.78, 5) is 38.4. The van der Waals surface area contributed by atoms with Crippen LogP contribution in [0.1, 0.15) is 20.9 Å². The molecule has 0 atom stereocenters. The molecule has 2 heterocycles. The van der Waals surface area contributed by atoms with Crippen LogP contribution >= 0.6 is 0 Å². The Bertz CT molecular complexity index is 1460. The van der Waals surface area contributed by atoms with E-state index in [1.54, 1.807) is 24.3 Å². The number of fused-ring (bicyclic) bond motifs is 2. The molecule has 0 bridgehead atoms. The van der Waals surface area contributed by atoms with Crippen LogP contribution in [0.25, 0.3) is 21.9 Å². The predicted octanol–water partition coefficient (Wildman–Crippen LogP) is 4.23. The zero-order valence-corrected chi connectivity index (χ0v) is 17.4. The molecule has 1 aromatic heterocycles. The Kier molecular flexibility index (Phi) is 5.02. The van der Waals surface area contributed by atoms with Gasteiger partial charge < -0.3 is 23.9 Å². The average Bonchev–Trinajstić information content (AvgIpc) is 3.31. The van der Waals surface area contributed by atoms with Crippen LogP contribution in [0.3, 0.4) is 0 Å². The minimum Gasteiger partial charge on any atom is -0.465 e. The van der Waals surface area contributed by atoms with Gasteiger partial charge in [0, 0.05) is 23.1 Å². The van der Waals surface area contributed by atoms with Gasteiger partial charge in [0.05, 0.1) is 23.7 Å². The van der Waals surface area contributed by atoms with Crippen molar-refractivity contribution in [2.75, 3.05) is 19.2 Å². The molecule has 0 radical (unpaired) electrons. The van der Waals surface area contributed by atoms with Crippen molar-refractivity contribution in [1.29, 1.82) is 0 Å². The molecule has 164 valence electrons. The van der Waals surface area contributed by atoms with Crippen LogP contribution in [0, 0.1) is 0 Å². The molecule has 4 aromatic rings. The maximum absolute atomic E-state index is 13.4. The lowest BCUT2D eigenvalue weighted by Gasteiger charge is -2.14. The van der Waals surface area contributed by atoms with Crippen molar-refractivity contribution in [3.05, 3.63) is 88.5 Å². The molecule has 1 N–H and O–H groups in total. The summed E-state index contributed by atoms with van der Waals surface area (Å²) < 4.78 is 21.0. The molecule has 8 heteroatoms. The molecular formula is C25H17NO7. The van der Waals surface area contributed by atoms with Crippen LogP contribution in [-0.4, -0.2) is 25.8 Å². The first-order valence-corrected chi connectivity index (χ1v) is 10.0. The second-order valence-electron chi connectivity index (χ2n) is 7.20. The van der Waals surface area contributed by atoms with Crippen molar-refractivity contribution < 1.29 is 28.2 Å². The van der Waals surface area contributed by atoms with Crippen LogP contribution < -0.4 is 20.4 Å². The Morgan fingerprint density at radius 1 is 0.909 bits per heavy atom. The summed E-state index contributed by atoms with van der Waals surface area (Å²) in [5.41, 5.74) is 0.713. The van der Waals surface area contributed by atoms with E-state index in [0.29, 0.717) is 33.4 Å². The number of rotatable bonds is 4. The van der Waals surface area contributed by atoms with Crippen molar-refractivity contribution in [3.63, 3.8) is 0 Å². The first-order valence-electron chi connectivity index (χ1n) is 10.0. The smallest absolute Gasteiger partial charge is 0.344 e. The Morgan fingerprint density at radius 2 is 1.58 bits per heavy atom. The number of methoxy groups -OCH3 is 1. The average molecular weight is 443 g/mol. The first-order chi connectivity index (χ1) is 16.1. The number of amides is 1. The van der Waals surface area contributed by atoms with Crippen molar-refractivity contribution in [3.8, 4) is 22.6 Å². The lowest BCUT2D eigenvalue weighted by molar-refractivity contribution is 0.0601. The Hall–Kier alpha value is -4.59. The van der Waals surface area contributed by atoms with Gasteiger partial charge in [-0.25, -0.2) is 9.59 Å². The fourth-order valence-electron chi connectivity index (χ4n) is 3.75. The molecule has 0 saturated heterocycles. The van der Waals surface area contributed by atoms with Crippen molar-refractivity contribution in [2.45, 2.75) is 0 Å². The third-order valence-electron chi connectivity index (χ3n) is 5.27. The largest absolute Gasteiger partial charge is 0.465 e. The summed E-state index contributed by atoms with van der Waals surface area (Å²) in [6, 6.07) is 18.9. The van der Waals surface area contributed by atoms with E-state index in [2.05, 4.69) is 5.32 Å². The molecule has 5 rings (SSSR count). The zero-order valence-electron chi connectivity index (χ0n) is 17.4. The number of hydrogen-bond donors (Lipinski definition) is 1. The Morgan fingerprint density at radius 3 is 2.30 bits per heavy atom. The van der Waals surface area contributed by atoms with Crippen molar-refractivity contribution >= 4 is 28.3 Å². The van der Waals surface area contributed by atoms with Crippen LogP contribution in [0.4, 0.5) is 5.69 Å². The number of benzene rings is 3. The van der Waals surface area contributed by atoms with Crippen LogP contribution in [0.5, 0.6) is 11.5 Å². The lowest BCUT2D eigenvalue weighted by atomic mass is 9.98. The molecule has 8 nitrogen and oxygen atoms in total. The number of carbonyl (C=O) groups excluding carboxylic acids is 2. The van der Waals surface area contributed by atoms with Gasteiger partial charge in [0.2, 0.25) is 12.6 Å². The molecule has 33 heavy (non-hydrogen) atoms. The van der Waals surface area contributed by atoms with E-state index in [-0.39, 0.29) is 23.8 Å². The molecule has 3 aromatic carbocycles. The number of anilines is 1. The lowest BCUT2D eigenvalue weighted by Crippen LogP contribution is -2.19. The van der Waals surface area contributed by atoms with Gasteiger partial charge in [-0.05, 0) is 11.6 Å². The second-order valence-corrected chi connectivity index (χ2v) is 7.20. The van der Waals surface area contributed by atoms with Gasteiger partial charge in [0.15, 0.2) is 11.5 Å². The Labute approximate surface area is 187 Å². The van der Waals surface area contributed by atoms with Gasteiger partial charge in [-0.2, -0.15) is 0 Å². The highest BCUT2D eigenvalue weighted by Crippen LogP contribution is 2.38. The van der Waals surface area contributed by atoms with E-state index < -0.39 is 17.5 Å². The number of hydrogen-bond acceptors (Lipinski definition) is 7. The topological polar surface area (TPSA) is 104 Å². The van der Waals surface area contributed by atoms with Crippen molar-refractivity contribution in [1.82, 2.24) is 0 Å². The predicted molar refractivity (Wildman–Crippen MR) is 120 cm³/mol. The zero-order chi connectivity index (χ0) is 22.9. The molecular weight excluding hydrogens is 426 g/mol. The minimum atomic E-state index is -0.708. The Balaban J connectivity index is 1.66. The number of nitrogens with one attached hydrogen (secondary N) is 1. The van der Waals surface area contributed by atoms with Gasteiger partial charge in [-0.1, -0.05) is 48.5 Å². The van der Waals surface area contributed by atoms with Crippen LogP contribution in [0.15, 0.2) is 75.9 Å². The first kappa shape index (κ1) is 20.3. The summed E-state index contributed by atoms with van der Waals surface area (Å²) in [6.45, 7) is -0.00888. The number of ether oxygens (including phenoxy) is 3. The standard InChI is InChI=1S/C25H17NO7/c1-30-24(28)17-11-19-20(32-13-31-19)12-18(17)26-23(27)22-21(14-7-3-2-4-8-14)15-9-5-6-10-16(15)25(29)33-22/h2-12H,13H2,1H3,(H,26,27). The SMILES string of the molecule is COC(=O)c1cc2c(cc1NC(=O)c1oc(=O)c3ccccc3c1-c1ccccc1)OCO2. The number of carbonyl (C=O) groups is 2. The fraction of sp³-hybridized carbons (Fsp3) is 0.0800. The van der Waals surface area contributed by atoms with E-state index in [1.807, 2.05) is 30.3 Å². The van der Waals surface area contributed by atoms with Crippen LogP contribution in [0.2, 0.25) is 0 Å². The van der Waals surface area contributed by atoms with E-state index >= 15 is 0 Å². The molecule has 0 unspecified atom stereocenters. The third kappa shape index (κ3) is 3.57. The second kappa shape index (κ2) is 8.16. The highest BCUT2D eigenvalue weighted by atomic mass is 16.7. The van der Waals surface area contributed by atoms with Gasteiger partial charge in [-0.3, -0.25) is 4.79 Å². The maximum atomic E-state index is 13.4. The van der Waals surface area contributed by atoms with E-state index in [4.69, 9.17) is 18.6 Å². The summed E-state index contributed by atoms with van der Waals surface area (Å²) in [6.07, 6.45) is 0. The molecule has 0 saturated carbocycles. The maximum Gasteiger partial charge on any atom is 0.344 e. The van der Waals surface area contributed by atoms with Gasteiger partial charge in [0.1, 0.15) is 0 Å². The summed E-state index contributed by atoms with van der Waals surface area (Å²) in [5.74, 6) is -0.845. The monoisotopic (exact) mass is 443 g/mol. The quantitative estimate of drug-likeness (QED) is 0.471. The molecule has 0 aliphatic carbocycles. The third-order valence-corrected chi connectivity index (χ3v) is 5.27. The summed E-state index contributed by atoms with van der Waals surface area (Å²) in [7, 11) is 1.23. The van der Waals surface area contributed by atoms with Gasteiger partial charge >= 0.3 is 11.6 Å². The fourth-order valence-corrected chi connectivity index (χ4v) is 3.75. The van der Waals surface area contributed by atoms with E-state index in [1.165, 1.54) is 19.2 Å². The summed E-state index contributed by atoms with van der Waals surface area (Å²) in [5, 5.41) is 3.59. The molecule has 1 aliphatic rings. The van der Waals surface area contributed by atoms with Crippen LogP contribution in [-0.2, 0) is 4.74 Å².